The molecule has 0 aromatic heterocycles. The molecule has 3 aromatic rings. The van der Waals surface area contributed by atoms with Crippen molar-refractivity contribution in [2.45, 2.75) is 11.0 Å². The highest BCUT2D eigenvalue weighted by Gasteiger charge is 2.52. The maximum atomic E-state index is 13.2. The molecule has 3 aromatic carbocycles. The molecule has 0 spiro atoms. The van der Waals surface area contributed by atoms with Crippen LogP contribution in [-0.2, 0) is 11.0 Å². The lowest BCUT2D eigenvalue weighted by atomic mass is 9.60. The summed E-state index contributed by atoms with van der Waals surface area (Å²) in [4.78, 5) is 13.2. The van der Waals surface area contributed by atoms with Crippen LogP contribution >= 0.6 is 15.9 Å². The zero-order valence-electron chi connectivity index (χ0n) is 14.6. The van der Waals surface area contributed by atoms with Crippen LogP contribution in [0.5, 0.6) is 0 Å². The van der Waals surface area contributed by atoms with E-state index in [9.17, 15) is 20.4 Å². The Morgan fingerprint density at radius 1 is 0.714 bits per heavy atom. The van der Waals surface area contributed by atoms with Crippen molar-refractivity contribution in [2.75, 3.05) is 0 Å². The first-order chi connectivity index (χ1) is 13.5. The zero-order chi connectivity index (χ0) is 19.9. The maximum absolute atomic E-state index is 13.2. The molecule has 0 aliphatic heterocycles. The van der Waals surface area contributed by atoms with Crippen molar-refractivity contribution in [1.82, 2.24) is 0 Å². The SMILES string of the molecule is N#CC1(O)c2ccccc2C(C#N)(c2ccccc(Br)c2=O)c2ccccc21. The Morgan fingerprint density at radius 2 is 1.14 bits per heavy atom. The molecule has 134 valence electrons. The quantitative estimate of drug-likeness (QED) is 0.598. The van der Waals surface area contributed by atoms with Gasteiger partial charge in [-0.15, -0.1) is 0 Å². The van der Waals surface area contributed by atoms with E-state index in [1.807, 2.05) is 6.07 Å². The van der Waals surface area contributed by atoms with Crippen molar-refractivity contribution in [3.8, 4) is 12.1 Å². The van der Waals surface area contributed by atoms with Crippen molar-refractivity contribution < 1.29 is 5.11 Å². The first kappa shape index (κ1) is 18.1. The summed E-state index contributed by atoms with van der Waals surface area (Å²) in [6, 6.07) is 24.5. The molecule has 0 fully saturated rings. The molecule has 0 amide bonds. The second-order valence-electron chi connectivity index (χ2n) is 6.58. The van der Waals surface area contributed by atoms with Gasteiger partial charge in [0.1, 0.15) is 11.5 Å². The summed E-state index contributed by atoms with van der Waals surface area (Å²) in [5, 5.41) is 31.6. The second kappa shape index (κ2) is 6.42. The van der Waals surface area contributed by atoms with Crippen LogP contribution in [0.15, 0.2) is 82.1 Å². The number of hydrogen-bond donors (Lipinski definition) is 1. The molecule has 0 atom stereocenters. The van der Waals surface area contributed by atoms with Crippen molar-refractivity contribution in [2.24, 2.45) is 0 Å². The molecule has 0 heterocycles. The Morgan fingerprint density at radius 3 is 1.61 bits per heavy atom. The minimum Gasteiger partial charge on any atom is -0.368 e. The number of hydrogen-bond acceptors (Lipinski definition) is 4. The summed E-state index contributed by atoms with van der Waals surface area (Å²) in [5.74, 6) is 0. The van der Waals surface area contributed by atoms with Gasteiger partial charge >= 0.3 is 0 Å². The number of halogens is 1. The first-order valence-corrected chi connectivity index (χ1v) is 9.34. The molecule has 4 nitrogen and oxygen atoms in total. The molecular weight excluding hydrogens is 416 g/mol. The van der Waals surface area contributed by atoms with Gasteiger partial charge in [0.25, 0.3) is 0 Å². The fourth-order valence-corrected chi connectivity index (χ4v) is 4.37. The van der Waals surface area contributed by atoms with Crippen molar-refractivity contribution in [3.05, 3.63) is 115 Å². The van der Waals surface area contributed by atoms with Gasteiger partial charge < -0.3 is 5.11 Å². The van der Waals surface area contributed by atoms with E-state index in [0.29, 0.717) is 26.7 Å². The predicted molar refractivity (Wildman–Crippen MR) is 107 cm³/mol. The van der Waals surface area contributed by atoms with Gasteiger partial charge in [0.05, 0.1) is 10.5 Å². The van der Waals surface area contributed by atoms with Gasteiger partial charge in [-0.2, -0.15) is 10.5 Å². The highest BCUT2D eigenvalue weighted by Crippen LogP contribution is 2.50. The molecule has 1 aliphatic carbocycles. The lowest BCUT2D eigenvalue weighted by Gasteiger charge is -2.40. The summed E-state index contributed by atoms with van der Waals surface area (Å²) in [6.07, 6.45) is 0. The zero-order valence-corrected chi connectivity index (χ0v) is 16.1. The number of nitriles is 2. The van der Waals surface area contributed by atoms with E-state index < -0.39 is 11.0 Å². The third-order valence-electron chi connectivity index (χ3n) is 5.25. The number of benzene rings is 2. The number of fused-ring (bicyclic) bond motifs is 2. The Labute approximate surface area is 170 Å². The number of aliphatic hydroxyl groups is 1. The molecule has 0 radical (unpaired) electrons. The van der Waals surface area contributed by atoms with Crippen LogP contribution in [0, 0.1) is 22.7 Å². The summed E-state index contributed by atoms with van der Waals surface area (Å²) >= 11 is 3.29. The van der Waals surface area contributed by atoms with Gasteiger partial charge in [0.15, 0.2) is 5.43 Å². The predicted octanol–water partition coefficient (Wildman–Crippen LogP) is 3.74. The molecule has 0 bridgehead atoms. The third kappa shape index (κ3) is 2.21. The fraction of sp³-hybridized carbons (Fsp3) is 0.0870. The van der Waals surface area contributed by atoms with Crippen LogP contribution in [0.2, 0.25) is 0 Å². The van der Waals surface area contributed by atoms with Crippen LogP contribution in [0.25, 0.3) is 0 Å². The van der Waals surface area contributed by atoms with Crippen LogP contribution in [0.3, 0.4) is 0 Å². The Kier molecular flexibility index (Phi) is 4.16. The van der Waals surface area contributed by atoms with Crippen molar-refractivity contribution in [1.29, 1.82) is 10.5 Å². The summed E-state index contributed by atoms with van der Waals surface area (Å²) in [6.45, 7) is 0. The van der Waals surface area contributed by atoms with Crippen molar-refractivity contribution in [3.63, 3.8) is 0 Å². The molecule has 0 saturated carbocycles. The Balaban J connectivity index is 2.27. The van der Waals surface area contributed by atoms with Crippen molar-refractivity contribution >= 4 is 15.9 Å². The van der Waals surface area contributed by atoms with E-state index in [1.165, 1.54) is 0 Å². The molecule has 0 saturated heterocycles. The van der Waals surface area contributed by atoms with Gasteiger partial charge in [0.2, 0.25) is 5.60 Å². The van der Waals surface area contributed by atoms with Crippen LogP contribution in [0.1, 0.15) is 27.8 Å². The van der Waals surface area contributed by atoms with E-state index in [1.54, 1.807) is 72.8 Å². The molecule has 0 unspecified atom stereocenters. The first-order valence-electron chi connectivity index (χ1n) is 8.55. The van der Waals surface area contributed by atoms with E-state index >= 15 is 0 Å². The second-order valence-corrected chi connectivity index (χ2v) is 7.44. The Bertz CT molecular complexity index is 1210. The smallest absolute Gasteiger partial charge is 0.203 e. The Hall–Kier alpha value is -3.25. The molecule has 4 rings (SSSR count). The van der Waals surface area contributed by atoms with Gasteiger partial charge in [0, 0.05) is 16.7 Å². The van der Waals surface area contributed by atoms with E-state index in [0.717, 1.165) is 0 Å². The summed E-state index contributed by atoms with van der Waals surface area (Å²) in [5.41, 5.74) is -1.98. The molecule has 1 aliphatic rings. The lowest BCUT2D eigenvalue weighted by Crippen LogP contribution is -2.44. The largest absolute Gasteiger partial charge is 0.368 e. The minimum atomic E-state index is -1.91. The highest BCUT2D eigenvalue weighted by molar-refractivity contribution is 9.10. The van der Waals surface area contributed by atoms with E-state index in [4.69, 9.17) is 0 Å². The molecule has 5 heteroatoms. The monoisotopic (exact) mass is 428 g/mol. The highest BCUT2D eigenvalue weighted by atomic mass is 79.9. The number of nitrogens with zero attached hydrogens (tertiary/aromatic N) is 2. The molecule has 1 N–H and O–H groups in total. The lowest BCUT2D eigenvalue weighted by molar-refractivity contribution is 0.135. The number of rotatable bonds is 1. The van der Waals surface area contributed by atoms with E-state index in [-0.39, 0.29) is 11.0 Å². The van der Waals surface area contributed by atoms with Crippen LogP contribution < -0.4 is 5.43 Å². The van der Waals surface area contributed by atoms with E-state index in [2.05, 4.69) is 22.0 Å². The topological polar surface area (TPSA) is 84.9 Å². The van der Waals surface area contributed by atoms with Crippen LogP contribution in [-0.4, -0.2) is 5.11 Å². The standard InChI is InChI=1S/C23H13BrN2O2/c24-20-12-6-5-11-19(21(20)27)22(13-25)15-7-1-3-9-17(15)23(28,14-26)18-10-4-2-8-16(18)22/h1-12,28H. The van der Waals surface area contributed by atoms with Crippen LogP contribution in [0.4, 0.5) is 0 Å². The average Bonchev–Trinajstić information content (AvgIpc) is 2.91. The average molecular weight is 429 g/mol. The maximum Gasteiger partial charge on any atom is 0.203 e. The van der Waals surface area contributed by atoms with Gasteiger partial charge in [-0.1, -0.05) is 66.7 Å². The fourth-order valence-electron chi connectivity index (χ4n) is 4.00. The summed E-state index contributed by atoms with van der Waals surface area (Å²) in [7, 11) is 0. The normalized spacial score (nSPS) is 22.3. The minimum absolute atomic E-state index is 0.256. The molecule has 28 heavy (non-hydrogen) atoms. The van der Waals surface area contributed by atoms with Gasteiger partial charge in [-0.05, 0) is 33.1 Å². The summed E-state index contributed by atoms with van der Waals surface area (Å²) < 4.78 is 0.332. The third-order valence-corrected chi connectivity index (χ3v) is 5.88. The molecular formula is C23H13BrN2O2. The van der Waals surface area contributed by atoms with Gasteiger partial charge in [-0.25, -0.2) is 0 Å². The van der Waals surface area contributed by atoms with Gasteiger partial charge in [-0.3, -0.25) is 4.79 Å².